The molecule has 1 N–H and O–H groups in total. The van der Waals surface area contributed by atoms with Gasteiger partial charge in [0.25, 0.3) is 5.56 Å². The van der Waals surface area contributed by atoms with Gasteiger partial charge in [-0.1, -0.05) is 0 Å². The number of nitrogens with one attached hydrogen (secondary N) is 1. The van der Waals surface area contributed by atoms with E-state index in [1.165, 1.54) is 17.4 Å². The molecule has 0 aromatic carbocycles. The summed E-state index contributed by atoms with van der Waals surface area (Å²) >= 11 is 0. The fraction of sp³-hybridized carbons (Fsp3) is 0.636. The molecule has 0 unspecified atom stereocenters. The molecule has 9 heteroatoms. The first-order chi connectivity index (χ1) is 9.35. The predicted molar refractivity (Wildman–Crippen MR) is 68.9 cm³/mol. The fourth-order valence-corrected chi connectivity index (χ4v) is 3.61. The summed E-state index contributed by atoms with van der Waals surface area (Å²) in [4.78, 5) is 25.4. The lowest BCUT2D eigenvalue weighted by Crippen LogP contribution is -2.33. The van der Waals surface area contributed by atoms with Gasteiger partial charge < -0.3 is 13.8 Å². The maximum Gasteiger partial charge on any atom is 0.330 e. The van der Waals surface area contributed by atoms with Gasteiger partial charge in [0.05, 0.1) is 12.7 Å². The monoisotopic (exact) mass is 302 g/mol. The van der Waals surface area contributed by atoms with Crippen molar-refractivity contribution in [1.29, 1.82) is 0 Å². The number of aromatic nitrogens is 2. The first-order valence-electron chi connectivity index (χ1n) is 6.24. The van der Waals surface area contributed by atoms with Crippen molar-refractivity contribution in [3.63, 3.8) is 0 Å². The maximum absolute atomic E-state index is 11.8. The normalized spacial score (nSPS) is 36.8. The number of nitrogens with zero attached hydrogens (tertiary/aromatic N) is 1. The lowest BCUT2D eigenvalue weighted by Gasteiger charge is -2.28. The molecule has 8 nitrogen and oxygen atoms in total. The van der Waals surface area contributed by atoms with Crippen LogP contribution in [-0.2, 0) is 18.3 Å². The Bertz CT molecular complexity index is 695. The summed E-state index contributed by atoms with van der Waals surface area (Å²) in [6.45, 7) is 3.19. The predicted octanol–water partition coefficient (Wildman–Crippen LogP) is 0.371. The Labute approximate surface area is 114 Å². The van der Waals surface area contributed by atoms with Crippen molar-refractivity contribution in [2.24, 2.45) is 0 Å². The number of rotatable bonds is 1. The smallest absolute Gasteiger partial charge is 0.330 e. The number of hydrogen-bond donors (Lipinski definition) is 1. The van der Waals surface area contributed by atoms with E-state index in [1.807, 2.05) is 0 Å². The van der Waals surface area contributed by atoms with Crippen LogP contribution in [-0.4, -0.2) is 35.0 Å². The number of aryl methyl sites for hydroxylation is 1. The highest BCUT2D eigenvalue weighted by molar-refractivity contribution is 7.53. The summed E-state index contributed by atoms with van der Waals surface area (Å²) in [7, 11) is -3.03. The van der Waals surface area contributed by atoms with E-state index in [9.17, 15) is 14.2 Å². The van der Waals surface area contributed by atoms with Crippen LogP contribution >= 0.6 is 7.60 Å². The molecule has 3 heterocycles. The van der Waals surface area contributed by atoms with Crippen LogP contribution in [0.2, 0.25) is 0 Å². The van der Waals surface area contributed by atoms with Crippen LogP contribution in [0.25, 0.3) is 0 Å². The zero-order valence-electron chi connectivity index (χ0n) is 11.1. The lowest BCUT2D eigenvalue weighted by molar-refractivity contribution is -0.0580. The van der Waals surface area contributed by atoms with Crippen LogP contribution in [0.3, 0.4) is 0 Å². The fourth-order valence-electron chi connectivity index (χ4n) is 2.42. The second kappa shape index (κ2) is 4.66. The van der Waals surface area contributed by atoms with Crippen LogP contribution in [0.1, 0.15) is 18.2 Å². The summed E-state index contributed by atoms with van der Waals surface area (Å²) in [5, 5.41) is 0. The Morgan fingerprint density at radius 1 is 1.40 bits per heavy atom. The summed E-state index contributed by atoms with van der Waals surface area (Å²) in [5.74, 6) is 0. The SMILES string of the molecule is Cc1cn([C@@H]2C[C@H]3O[P@](C)(=O)OC[C@@H]3O2)c(=O)[nH]c1=O. The van der Waals surface area contributed by atoms with Gasteiger partial charge in [-0.05, 0) is 6.92 Å². The zero-order chi connectivity index (χ0) is 14.5. The van der Waals surface area contributed by atoms with E-state index in [0.29, 0.717) is 12.0 Å². The summed E-state index contributed by atoms with van der Waals surface area (Å²) in [6.07, 6.45) is 0.548. The standard InChI is InChI=1S/C11H15N2O6P/c1-6-4-13(11(15)12-10(6)14)9-3-7-8(18-9)5-17-20(2,16)19-7/h4,7-9H,3,5H2,1-2H3,(H,12,14,15)/t7-,8+,9+,20-/m1/s1. The second-order valence-corrected chi connectivity index (χ2v) is 7.07. The van der Waals surface area contributed by atoms with E-state index >= 15 is 0 Å². The minimum atomic E-state index is -3.03. The zero-order valence-corrected chi connectivity index (χ0v) is 12.0. The van der Waals surface area contributed by atoms with Crippen LogP contribution in [0.4, 0.5) is 0 Å². The van der Waals surface area contributed by atoms with Gasteiger partial charge >= 0.3 is 13.3 Å². The van der Waals surface area contributed by atoms with Crippen molar-refractivity contribution in [2.75, 3.05) is 13.3 Å². The molecule has 2 aliphatic rings. The van der Waals surface area contributed by atoms with Gasteiger partial charge in [0.15, 0.2) is 0 Å². The summed E-state index contributed by atoms with van der Waals surface area (Å²) in [6, 6.07) is 0. The Morgan fingerprint density at radius 3 is 2.90 bits per heavy atom. The largest absolute Gasteiger partial charge is 0.349 e. The van der Waals surface area contributed by atoms with E-state index in [1.54, 1.807) is 6.92 Å². The van der Waals surface area contributed by atoms with E-state index < -0.39 is 25.1 Å². The van der Waals surface area contributed by atoms with E-state index in [0.717, 1.165) is 0 Å². The number of fused-ring (bicyclic) bond motifs is 1. The highest BCUT2D eigenvalue weighted by atomic mass is 31.2. The van der Waals surface area contributed by atoms with Gasteiger partial charge in [0.1, 0.15) is 12.3 Å². The minimum absolute atomic E-state index is 0.173. The molecule has 2 aliphatic heterocycles. The van der Waals surface area contributed by atoms with Crippen molar-refractivity contribution in [2.45, 2.75) is 31.8 Å². The molecule has 2 saturated heterocycles. The molecule has 4 atom stereocenters. The van der Waals surface area contributed by atoms with Gasteiger partial charge in [0, 0.05) is 24.8 Å². The molecule has 0 bridgehead atoms. The number of ether oxygens (including phenoxy) is 1. The molecular weight excluding hydrogens is 287 g/mol. The molecule has 0 radical (unpaired) electrons. The molecule has 1 aromatic heterocycles. The molecule has 0 amide bonds. The van der Waals surface area contributed by atoms with Gasteiger partial charge in [-0.3, -0.25) is 18.9 Å². The van der Waals surface area contributed by atoms with Crippen LogP contribution in [0, 0.1) is 6.92 Å². The Balaban J connectivity index is 1.88. The third kappa shape index (κ3) is 2.40. The minimum Gasteiger partial charge on any atom is -0.349 e. The van der Waals surface area contributed by atoms with E-state index in [-0.39, 0.29) is 18.8 Å². The van der Waals surface area contributed by atoms with E-state index in [2.05, 4.69) is 4.98 Å². The first-order valence-corrected chi connectivity index (χ1v) is 8.23. The summed E-state index contributed by atoms with van der Waals surface area (Å²) < 4.78 is 29.2. The molecule has 110 valence electrons. The third-order valence-corrected chi connectivity index (χ3v) is 4.71. The Morgan fingerprint density at radius 2 is 2.15 bits per heavy atom. The quantitative estimate of drug-likeness (QED) is 0.752. The number of H-pyrrole nitrogens is 1. The molecule has 0 spiro atoms. The average molecular weight is 302 g/mol. The Hall–Kier alpha value is -1.21. The van der Waals surface area contributed by atoms with Crippen LogP contribution in [0.5, 0.6) is 0 Å². The molecule has 1 aromatic rings. The average Bonchev–Trinajstić information content (AvgIpc) is 2.74. The molecule has 0 aliphatic carbocycles. The number of aromatic amines is 1. The van der Waals surface area contributed by atoms with Gasteiger partial charge in [-0.15, -0.1) is 0 Å². The van der Waals surface area contributed by atoms with Crippen LogP contribution in [0.15, 0.2) is 15.8 Å². The van der Waals surface area contributed by atoms with Gasteiger partial charge in [-0.2, -0.15) is 0 Å². The topological polar surface area (TPSA) is 99.6 Å². The molecule has 0 saturated carbocycles. The highest BCUT2D eigenvalue weighted by Gasteiger charge is 2.45. The Kier molecular flexibility index (Phi) is 3.21. The van der Waals surface area contributed by atoms with Gasteiger partial charge in [-0.25, -0.2) is 4.79 Å². The van der Waals surface area contributed by atoms with Crippen molar-refractivity contribution in [1.82, 2.24) is 9.55 Å². The maximum atomic E-state index is 11.8. The van der Waals surface area contributed by atoms with Crippen LogP contribution < -0.4 is 11.2 Å². The molecule has 20 heavy (non-hydrogen) atoms. The van der Waals surface area contributed by atoms with Crippen molar-refractivity contribution in [3.05, 3.63) is 32.6 Å². The second-order valence-electron chi connectivity index (χ2n) is 5.05. The summed E-state index contributed by atoms with van der Waals surface area (Å²) in [5.41, 5.74) is -0.537. The molecule has 2 fully saturated rings. The van der Waals surface area contributed by atoms with Crippen molar-refractivity contribution >= 4 is 7.60 Å². The van der Waals surface area contributed by atoms with Crippen molar-refractivity contribution in [3.8, 4) is 0 Å². The highest BCUT2D eigenvalue weighted by Crippen LogP contribution is 2.52. The number of hydrogen-bond acceptors (Lipinski definition) is 6. The molecular formula is C11H15N2O6P. The van der Waals surface area contributed by atoms with Crippen molar-refractivity contribution < 1.29 is 18.3 Å². The first kappa shape index (κ1) is 13.8. The van der Waals surface area contributed by atoms with Gasteiger partial charge in [0.2, 0.25) is 0 Å². The van der Waals surface area contributed by atoms with E-state index in [4.69, 9.17) is 13.8 Å². The lowest BCUT2D eigenvalue weighted by atomic mass is 10.2. The molecule has 3 rings (SSSR count). The third-order valence-electron chi connectivity index (χ3n) is 3.44.